The van der Waals surface area contributed by atoms with Crippen molar-refractivity contribution in [3.8, 4) is 28.7 Å². The molecule has 0 amide bonds. The van der Waals surface area contributed by atoms with Gasteiger partial charge in [-0.15, -0.1) is 0 Å². The topological polar surface area (TPSA) is 26.6 Å². The lowest BCUT2D eigenvalue weighted by Gasteiger charge is -2.32. The van der Waals surface area contributed by atoms with Crippen molar-refractivity contribution in [3.05, 3.63) is 175 Å². The summed E-state index contributed by atoms with van der Waals surface area (Å²) in [5, 5.41) is 4.72. The van der Waals surface area contributed by atoms with Gasteiger partial charge in [-0.25, -0.2) is 0 Å². The normalized spacial score (nSPS) is 12.9. The fraction of sp³-hybridized carbons (Fsp3) is 0.0800. The van der Waals surface area contributed by atoms with E-state index in [4.69, 9.17) is 9.47 Å². The van der Waals surface area contributed by atoms with E-state index in [1.165, 1.54) is 27.2 Å². The highest BCUT2D eigenvalue weighted by Crippen LogP contribution is 2.43. The van der Waals surface area contributed by atoms with Crippen LogP contribution in [0.5, 0.6) is 23.0 Å². The molecule has 0 radical (unpaired) electrons. The minimum Gasteiger partial charge on any atom is -0.458 e. The third kappa shape index (κ3) is 4.93. The summed E-state index contributed by atoms with van der Waals surface area (Å²) in [5.41, 5.74) is 11.6. The molecule has 5 heteroatoms. The Labute approximate surface area is 320 Å². The highest BCUT2D eigenvalue weighted by atomic mass is 16.5. The van der Waals surface area contributed by atoms with Crippen LogP contribution in [0.15, 0.2) is 170 Å². The Hall–Kier alpha value is -6.72. The molecular weight excluding hydrogens is 671 g/mol. The fourth-order valence-corrected chi connectivity index (χ4v) is 8.81. The molecule has 1 aromatic heterocycles. The van der Waals surface area contributed by atoms with Gasteiger partial charge in [-0.2, -0.15) is 0 Å². The standard InChI is InChI=1S/C50H37BN2O2/c1-50(2,3)33-22-24-36(25-23-33)52(34-13-6-4-7-14-34)37-26-28-38-32(29-37)21-27-39-40-30-47-42(31-43(40)53(49(38)39)35-15-8-5-9-16-35)51-41-17-10-11-18-44(41)54-45-19-12-20-46(55-47)48(45)51/h4-31H,1-3H3. The molecule has 262 valence electrons. The van der Waals surface area contributed by atoms with Gasteiger partial charge in [0, 0.05) is 44.4 Å². The molecule has 0 saturated heterocycles. The second-order valence-electron chi connectivity index (χ2n) is 15.8. The van der Waals surface area contributed by atoms with Crippen molar-refractivity contribution < 1.29 is 9.47 Å². The third-order valence-corrected chi connectivity index (χ3v) is 11.4. The van der Waals surface area contributed by atoms with Gasteiger partial charge in [-0.3, -0.25) is 0 Å². The number of hydrogen-bond donors (Lipinski definition) is 0. The van der Waals surface area contributed by atoms with Crippen LogP contribution in [0.25, 0.3) is 38.3 Å². The molecule has 0 spiro atoms. The molecular formula is C50H37BN2O2. The average molecular weight is 709 g/mol. The maximum Gasteiger partial charge on any atom is 0.260 e. The smallest absolute Gasteiger partial charge is 0.260 e. The largest absolute Gasteiger partial charge is 0.458 e. The Bertz CT molecular complexity index is 2960. The van der Waals surface area contributed by atoms with Gasteiger partial charge < -0.3 is 18.9 Å². The lowest BCUT2D eigenvalue weighted by atomic mass is 9.35. The fourth-order valence-electron chi connectivity index (χ4n) is 8.81. The molecule has 0 saturated carbocycles. The Morgan fingerprint density at radius 1 is 0.491 bits per heavy atom. The van der Waals surface area contributed by atoms with Crippen LogP contribution in [0.1, 0.15) is 26.3 Å². The van der Waals surface area contributed by atoms with Crippen LogP contribution in [0.3, 0.4) is 0 Å². The van der Waals surface area contributed by atoms with E-state index < -0.39 is 0 Å². The van der Waals surface area contributed by atoms with Crippen LogP contribution < -0.4 is 30.8 Å². The zero-order chi connectivity index (χ0) is 36.8. The number of fused-ring (bicyclic) bond motifs is 9. The summed E-state index contributed by atoms with van der Waals surface area (Å²) >= 11 is 0. The number of rotatable bonds is 4. The van der Waals surface area contributed by atoms with Gasteiger partial charge in [0.2, 0.25) is 0 Å². The van der Waals surface area contributed by atoms with Gasteiger partial charge in [0.1, 0.15) is 23.0 Å². The minimum absolute atomic E-state index is 0.00716. The minimum atomic E-state index is -0.00716. The van der Waals surface area contributed by atoms with Crippen molar-refractivity contribution in [2.24, 2.45) is 0 Å². The van der Waals surface area contributed by atoms with E-state index >= 15 is 0 Å². The van der Waals surface area contributed by atoms with Crippen LogP contribution in [0.4, 0.5) is 17.1 Å². The second kappa shape index (κ2) is 11.9. The highest BCUT2D eigenvalue weighted by Gasteiger charge is 2.40. The van der Waals surface area contributed by atoms with Crippen molar-refractivity contribution in [2.75, 3.05) is 4.90 Å². The zero-order valence-electron chi connectivity index (χ0n) is 31.0. The molecule has 2 aliphatic rings. The number of anilines is 3. The monoisotopic (exact) mass is 708 g/mol. The molecule has 4 nitrogen and oxygen atoms in total. The molecule has 2 aliphatic heterocycles. The molecule has 0 bridgehead atoms. The number of benzene rings is 8. The predicted molar refractivity (Wildman–Crippen MR) is 229 cm³/mol. The number of aromatic nitrogens is 1. The molecule has 0 atom stereocenters. The Balaban J connectivity index is 1.14. The Morgan fingerprint density at radius 2 is 1.13 bits per heavy atom. The van der Waals surface area contributed by atoms with Crippen molar-refractivity contribution in [1.29, 1.82) is 0 Å². The Morgan fingerprint density at radius 3 is 1.89 bits per heavy atom. The molecule has 3 heterocycles. The summed E-state index contributed by atoms with van der Waals surface area (Å²) in [5.74, 6) is 3.49. The van der Waals surface area contributed by atoms with E-state index in [-0.39, 0.29) is 12.1 Å². The van der Waals surface area contributed by atoms with Gasteiger partial charge in [-0.1, -0.05) is 112 Å². The number of nitrogens with zero attached hydrogens (tertiary/aromatic N) is 2. The summed E-state index contributed by atoms with van der Waals surface area (Å²) in [7, 11) is 0. The number of ether oxygens (including phenoxy) is 2. The summed E-state index contributed by atoms with van der Waals surface area (Å²) in [4.78, 5) is 2.35. The van der Waals surface area contributed by atoms with Crippen molar-refractivity contribution in [3.63, 3.8) is 0 Å². The van der Waals surface area contributed by atoms with Gasteiger partial charge in [-0.05, 0) is 106 Å². The van der Waals surface area contributed by atoms with Gasteiger partial charge in [0.05, 0.1) is 11.0 Å². The number of hydrogen-bond acceptors (Lipinski definition) is 3. The first-order chi connectivity index (χ1) is 26.9. The van der Waals surface area contributed by atoms with Crippen LogP contribution in [-0.4, -0.2) is 11.3 Å². The lowest BCUT2D eigenvalue weighted by molar-refractivity contribution is 0.465. The molecule has 55 heavy (non-hydrogen) atoms. The quantitative estimate of drug-likeness (QED) is 0.170. The van der Waals surface area contributed by atoms with E-state index in [1.54, 1.807) is 0 Å². The molecule has 8 aromatic carbocycles. The van der Waals surface area contributed by atoms with Gasteiger partial charge in [0.25, 0.3) is 6.71 Å². The maximum absolute atomic E-state index is 6.76. The van der Waals surface area contributed by atoms with Crippen LogP contribution in [-0.2, 0) is 5.41 Å². The molecule has 0 unspecified atom stereocenters. The molecule has 0 aliphatic carbocycles. The average Bonchev–Trinajstić information content (AvgIpc) is 3.54. The van der Waals surface area contributed by atoms with E-state index in [1.807, 2.05) is 12.1 Å². The molecule has 0 N–H and O–H groups in total. The first-order valence-electron chi connectivity index (χ1n) is 19.0. The van der Waals surface area contributed by atoms with E-state index in [0.717, 1.165) is 73.0 Å². The van der Waals surface area contributed by atoms with Gasteiger partial charge >= 0.3 is 0 Å². The summed E-state index contributed by atoms with van der Waals surface area (Å²) in [6, 6.07) is 61.0. The van der Waals surface area contributed by atoms with Gasteiger partial charge in [0.15, 0.2) is 0 Å². The molecule has 9 aromatic rings. The second-order valence-corrected chi connectivity index (χ2v) is 15.8. The van der Waals surface area contributed by atoms with Crippen LogP contribution in [0, 0.1) is 0 Å². The summed E-state index contributed by atoms with van der Waals surface area (Å²) < 4.78 is 15.6. The summed E-state index contributed by atoms with van der Waals surface area (Å²) in [6.45, 7) is 6.77. The zero-order valence-corrected chi connectivity index (χ0v) is 31.0. The van der Waals surface area contributed by atoms with Crippen molar-refractivity contribution >= 4 is 72.7 Å². The van der Waals surface area contributed by atoms with Crippen LogP contribution in [0.2, 0.25) is 0 Å². The molecule has 0 fully saturated rings. The van der Waals surface area contributed by atoms with E-state index in [0.29, 0.717) is 0 Å². The SMILES string of the molecule is CC(C)(C)c1ccc(N(c2ccccc2)c2ccc3c(ccc4c5cc6c(cc5n(-c5ccccc5)c34)B3c4ccccc4Oc4cccc(c43)O6)c2)cc1. The van der Waals surface area contributed by atoms with Crippen molar-refractivity contribution in [1.82, 2.24) is 4.57 Å². The predicted octanol–water partition coefficient (Wildman–Crippen LogP) is 11.4. The third-order valence-electron chi connectivity index (χ3n) is 11.4. The van der Waals surface area contributed by atoms with Crippen molar-refractivity contribution in [2.45, 2.75) is 26.2 Å². The number of para-hydroxylation sites is 3. The first kappa shape index (κ1) is 31.8. The highest BCUT2D eigenvalue weighted by molar-refractivity contribution is 6.98. The molecule has 11 rings (SSSR count). The maximum atomic E-state index is 6.76. The first-order valence-corrected chi connectivity index (χ1v) is 19.0. The lowest BCUT2D eigenvalue weighted by Crippen LogP contribution is -2.57. The van der Waals surface area contributed by atoms with Crippen LogP contribution >= 0.6 is 0 Å². The summed E-state index contributed by atoms with van der Waals surface area (Å²) in [6.07, 6.45) is 0. The van der Waals surface area contributed by atoms with E-state index in [9.17, 15) is 0 Å². The Kier molecular flexibility index (Phi) is 6.87. The van der Waals surface area contributed by atoms with E-state index in [2.05, 4.69) is 188 Å².